The number of ether oxygens (including phenoxy) is 2. The molecule has 2 aliphatic rings. The van der Waals surface area contributed by atoms with Gasteiger partial charge in [0.25, 0.3) is 0 Å². The number of hydrogen-bond acceptors (Lipinski definition) is 6. The average molecular weight is 415 g/mol. The van der Waals surface area contributed by atoms with Gasteiger partial charge in [-0.25, -0.2) is 9.59 Å². The zero-order chi connectivity index (χ0) is 21.5. The molecule has 0 aliphatic carbocycles. The smallest absolute Gasteiger partial charge is 0.338 e. The molecule has 2 amide bonds. The predicted octanol–water partition coefficient (Wildman–Crippen LogP) is 2.13. The van der Waals surface area contributed by atoms with E-state index < -0.39 is 12.0 Å². The molecular weight excluding hydrogens is 386 g/mol. The van der Waals surface area contributed by atoms with E-state index in [2.05, 4.69) is 15.5 Å². The minimum Gasteiger partial charge on any atom is -0.466 e. The maximum Gasteiger partial charge on any atom is 0.338 e. The van der Waals surface area contributed by atoms with Crippen LogP contribution in [0.4, 0.5) is 4.79 Å². The summed E-state index contributed by atoms with van der Waals surface area (Å²) in [6.07, 6.45) is 1.62. The van der Waals surface area contributed by atoms with Crippen molar-refractivity contribution < 1.29 is 23.9 Å². The van der Waals surface area contributed by atoms with Crippen LogP contribution in [0, 0.1) is 5.92 Å². The van der Waals surface area contributed by atoms with Crippen LogP contribution >= 0.6 is 0 Å². The molecule has 0 bridgehead atoms. The minimum absolute atomic E-state index is 0.196. The zero-order valence-electron chi connectivity index (χ0n) is 17.5. The minimum atomic E-state index is -0.598. The van der Waals surface area contributed by atoms with Crippen molar-refractivity contribution in [3.05, 3.63) is 47.2 Å². The third-order valence-corrected chi connectivity index (χ3v) is 5.29. The number of hydrogen-bond donors (Lipinski definition) is 2. The summed E-state index contributed by atoms with van der Waals surface area (Å²) in [6, 6.07) is 8.37. The van der Waals surface area contributed by atoms with Crippen molar-refractivity contribution in [2.45, 2.75) is 32.7 Å². The van der Waals surface area contributed by atoms with E-state index in [1.165, 1.54) is 0 Å². The highest BCUT2D eigenvalue weighted by Gasteiger charge is 2.35. The molecule has 2 unspecified atom stereocenters. The number of nitrogens with one attached hydrogen (secondary N) is 2. The molecule has 2 aliphatic heterocycles. The average Bonchev–Trinajstić information content (AvgIpc) is 2.74. The van der Waals surface area contributed by atoms with Crippen molar-refractivity contribution in [1.29, 1.82) is 0 Å². The first-order chi connectivity index (χ1) is 14.5. The summed E-state index contributed by atoms with van der Waals surface area (Å²) in [6.45, 7) is 5.78. The fourth-order valence-electron chi connectivity index (χ4n) is 3.96. The van der Waals surface area contributed by atoms with Crippen LogP contribution in [-0.2, 0) is 19.1 Å². The predicted molar refractivity (Wildman–Crippen MR) is 110 cm³/mol. The van der Waals surface area contributed by atoms with Crippen LogP contribution in [0.25, 0.3) is 0 Å². The topological polar surface area (TPSA) is 97.0 Å². The van der Waals surface area contributed by atoms with Gasteiger partial charge in [0.15, 0.2) is 0 Å². The van der Waals surface area contributed by atoms with Crippen LogP contribution in [0.5, 0.6) is 0 Å². The molecule has 30 heavy (non-hydrogen) atoms. The second kappa shape index (κ2) is 10.2. The Kier molecular flexibility index (Phi) is 7.46. The summed E-state index contributed by atoms with van der Waals surface area (Å²) in [5, 5.41) is 5.62. The first-order valence-corrected chi connectivity index (χ1v) is 10.4. The van der Waals surface area contributed by atoms with Crippen molar-refractivity contribution in [1.82, 2.24) is 15.5 Å². The van der Waals surface area contributed by atoms with Crippen LogP contribution in [0.1, 0.15) is 38.3 Å². The molecule has 0 spiro atoms. The highest BCUT2D eigenvalue weighted by atomic mass is 16.5. The van der Waals surface area contributed by atoms with E-state index in [-0.39, 0.29) is 24.5 Å². The molecule has 0 saturated carbocycles. The van der Waals surface area contributed by atoms with Gasteiger partial charge >= 0.3 is 18.0 Å². The van der Waals surface area contributed by atoms with E-state index in [9.17, 15) is 14.4 Å². The number of likely N-dealkylation sites (tertiary alicyclic amines) is 1. The number of esters is 2. The van der Waals surface area contributed by atoms with Crippen molar-refractivity contribution in [2.75, 3.05) is 32.8 Å². The van der Waals surface area contributed by atoms with Gasteiger partial charge in [0.2, 0.25) is 0 Å². The number of piperidine rings is 1. The number of carbonyl (C=O) groups is 3. The summed E-state index contributed by atoms with van der Waals surface area (Å²) in [7, 11) is 0. The molecule has 2 heterocycles. The van der Waals surface area contributed by atoms with Gasteiger partial charge in [-0.3, -0.25) is 9.69 Å². The SMILES string of the molecule is CCOC(=O)C1=C(CN2CCCC(C(=O)OCC)C2)NC(=O)NC1c1ccccc1. The third-order valence-electron chi connectivity index (χ3n) is 5.29. The lowest BCUT2D eigenvalue weighted by atomic mass is 9.94. The first-order valence-electron chi connectivity index (χ1n) is 10.4. The summed E-state index contributed by atoms with van der Waals surface area (Å²) >= 11 is 0. The van der Waals surface area contributed by atoms with Gasteiger partial charge in [0, 0.05) is 18.8 Å². The van der Waals surface area contributed by atoms with Crippen LogP contribution in [0.3, 0.4) is 0 Å². The molecule has 2 atom stereocenters. The molecule has 3 rings (SSSR count). The number of carbonyl (C=O) groups excluding carboxylic acids is 3. The summed E-state index contributed by atoms with van der Waals surface area (Å²) < 4.78 is 10.5. The molecule has 8 heteroatoms. The maximum absolute atomic E-state index is 12.8. The third kappa shape index (κ3) is 5.18. The van der Waals surface area contributed by atoms with Crippen molar-refractivity contribution in [3.8, 4) is 0 Å². The molecule has 1 saturated heterocycles. The first kappa shape index (κ1) is 21.8. The van der Waals surface area contributed by atoms with Gasteiger partial charge in [-0.05, 0) is 38.8 Å². The largest absolute Gasteiger partial charge is 0.466 e. The Morgan fingerprint density at radius 3 is 2.57 bits per heavy atom. The van der Waals surface area contributed by atoms with E-state index in [1.807, 2.05) is 30.3 Å². The molecule has 2 N–H and O–H groups in total. The Bertz CT molecular complexity index is 808. The number of amides is 2. The Hall–Kier alpha value is -2.87. The Labute approximate surface area is 176 Å². The van der Waals surface area contributed by atoms with Crippen LogP contribution in [0.2, 0.25) is 0 Å². The summed E-state index contributed by atoms with van der Waals surface area (Å²) in [5.74, 6) is -0.862. The zero-order valence-corrected chi connectivity index (χ0v) is 17.5. The Morgan fingerprint density at radius 1 is 1.13 bits per heavy atom. The van der Waals surface area contributed by atoms with Crippen molar-refractivity contribution in [3.63, 3.8) is 0 Å². The lowest BCUT2D eigenvalue weighted by Gasteiger charge is -2.35. The molecule has 162 valence electrons. The number of benzene rings is 1. The molecule has 1 aromatic rings. The monoisotopic (exact) mass is 415 g/mol. The van der Waals surface area contributed by atoms with Crippen molar-refractivity contribution >= 4 is 18.0 Å². The fourth-order valence-corrected chi connectivity index (χ4v) is 3.96. The Morgan fingerprint density at radius 2 is 1.87 bits per heavy atom. The fraction of sp³-hybridized carbons (Fsp3) is 0.500. The lowest BCUT2D eigenvalue weighted by Crippen LogP contribution is -2.50. The normalized spacial score (nSPS) is 22.1. The van der Waals surface area contributed by atoms with Crippen molar-refractivity contribution in [2.24, 2.45) is 5.92 Å². The highest BCUT2D eigenvalue weighted by Crippen LogP contribution is 2.29. The van der Waals surface area contributed by atoms with E-state index in [0.717, 1.165) is 24.9 Å². The molecule has 1 aromatic carbocycles. The van der Waals surface area contributed by atoms with Gasteiger partial charge in [-0.15, -0.1) is 0 Å². The van der Waals surface area contributed by atoms with Gasteiger partial charge in [0.1, 0.15) is 0 Å². The van der Waals surface area contributed by atoms with Gasteiger partial charge in [-0.2, -0.15) is 0 Å². The second-order valence-corrected chi connectivity index (χ2v) is 7.38. The van der Waals surface area contributed by atoms with Gasteiger partial charge in [0.05, 0.1) is 30.7 Å². The molecule has 0 radical (unpaired) electrons. The van der Waals surface area contributed by atoms with E-state index in [4.69, 9.17) is 9.47 Å². The Balaban J connectivity index is 1.88. The number of nitrogens with zero attached hydrogens (tertiary/aromatic N) is 1. The number of urea groups is 1. The summed E-state index contributed by atoms with van der Waals surface area (Å²) in [4.78, 5) is 39.5. The van der Waals surface area contributed by atoms with Crippen LogP contribution in [0.15, 0.2) is 41.6 Å². The maximum atomic E-state index is 12.8. The quantitative estimate of drug-likeness (QED) is 0.663. The van der Waals surface area contributed by atoms with Crippen LogP contribution in [-0.4, -0.2) is 55.7 Å². The van der Waals surface area contributed by atoms with E-state index in [1.54, 1.807) is 13.8 Å². The molecule has 0 aromatic heterocycles. The summed E-state index contributed by atoms with van der Waals surface area (Å²) in [5.41, 5.74) is 1.70. The lowest BCUT2D eigenvalue weighted by molar-refractivity contribution is -0.150. The highest BCUT2D eigenvalue weighted by molar-refractivity contribution is 5.95. The number of rotatable bonds is 7. The molecular formula is C22H29N3O5. The molecule has 1 fully saturated rings. The van der Waals surface area contributed by atoms with E-state index >= 15 is 0 Å². The standard InChI is InChI=1S/C22H29N3O5/c1-3-29-20(26)16-11-8-12-25(13-16)14-17-18(21(27)30-4-2)19(24-22(28)23-17)15-9-6-5-7-10-15/h5-7,9-10,16,19H,3-4,8,11-14H2,1-2H3,(H2,23,24,28). The van der Waals surface area contributed by atoms with Gasteiger partial charge < -0.3 is 20.1 Å². The second-order valence-electron chi connectivity index (χ2n) is 7.38. The van der Waals surface area contributed by atoms with E-state index in [0.29, 0.717) is 31.0 Å². The van der Waals surface area contributed by atoms with Crippen LogP contribution < -0.4 is 10.6 Å². The molecule has 8 nitrogen and oxygen atoms in total. The van der Waals surface area contributed by atoms with Gasteiger partial charge in [-0.1, -0.05) is 30.3 Å².